The molecule has 0 fully saturated rings. The van der Waals surface area contributed by atoms with E-state index in [-0.39, 0.29) is 10.8 Å². The fourth-order valence-electron chi connectivity index (χ4n) is 13.5. The Hall–Kier alpha value is -7.08. The molecular weight excluding hydrogens is 941 g/mol. The van der Waals surface area contributed by atoms with Gasteiger partial charge in [-0.05, 0) is 167 Å². The van der Waals surface area contributed by atoms with Crippen LogP contribution in [0.15, 0.2) is 194 Å². The van der Waals surface area contributed by atoms with Gasteiger partial charge in [0.25, 0.3) is 0 Å². The van der Waals surface area contributed by atoms with E-state index in [9.17, 15) is 0 Å². The van der Waals surface area contributed by atoms with Crippen molar-refractivity contribution in [2.75, 3.05) is 9.80 Å². The minimum atomic E-state index is -0.0944. The SMILES string of the molecule is CCCCCCC1(CCCCCC)c2cc(C#Cc3ccc4c(c3)C(CCCCCC)(CCCCCC)c3cc(N(c5ccccc5)c5ccccc5)ccc3-4)ccc2-c2ccc(N(c3ccccc3)c3ccccc3)cc21. The van der Waals surface area contributed by atoms with Crippen molar-refractivity contribution in [2.24, 2.45) is 0 Å². The van der Waals surface area contributed by atoms with Crippen molar-refractivity contribution < 1.29 is 0 Å². The predicted octanol–water partition coefficient (Wildman–Crippen LogP) is 22.4. The monoisotopic (exact) mass is 1020 g/mol. The molecule has 2 heteroatoms. The van der Waals surface area contributed by atoms with E-state index >= 15 is 0 Å². The van der Waals surface area contributed by atoms with Crippen LogP contribution < -0.4 is 9.80 Å². The van der Waals surface area contributed by atoms with Crippen LogP contribution in [0.25, 0.3) is 22.3 Å². The highest BCUT2D eigenvalue weighted by Crippen LogP contribution is 2.58. The van der Waals surface area contributed by atoms with E-state index in [0.717, 1.165) is 36.8 Å². The standard InChI is InChI=1S/C76H84N2/c1-5-9-13-29-51-75(52-30-14-10-6-2)71-55-59(43-47-67(71)69-49-45-65(57-73(69)75)77(61-33-21-17-22-34-61)62-35-23-18-24-36-62)41-42-60-44-48-68-70-50-46-66(78(63-37-25-19-26-38-63)64-39-27-20-28-40-64)58-74(70)76(72(68)56-60,53-31-15-11-7-3)54-32-16-12-8-4/h17-28,33-40,43-50,55-58H,5-16,29-32,51-54H2,1-4H3. The number of benzene rings is 8. The van der Waals surface area contributed by atoms with Crippen molar-refractivity contribution in [1.82, 2.24) is 0 Å². The maximum Gasteiger partial charge on any atom is 0.0465 e. The molecule has 0 bridgehead atoms. The van der Waals surface area contributed by atoms with Crippen molar-refractivity contribution in [3.63, 3.8) is 0 Å². The van der Waals surface area contributed by atoms with Gasteiger partial charge in [0.05, 0.1) is 0 Å². The average Bonchev–Trinajstić information content (AvgIpc) is 3.98. The van der Waals surface area contributed by atoms with Gasteiger partial charge in [-0.15, -0.1) is 0 Å². The van der Waals surface area contributed by atoms with E-state index in [1.54, 1.807) is 0 Å². The summed E-state index contributed by atoms with van der Waals surface area (Å²) in [5.41, 5.74) is 20.7. The number of hydrogen-bond acceptors (Lipinski definition) is 2. The summed E-state index contributed by atoms with van der Waals surface area (Å²) < 4.78 is 0. The van der Waals surface area contributed by atoms with Crippen LogP contribution in [0.4, 0.5) is 34.1 Å². The van der Waals surface area contributed by atoms with Gasteiger partial charge >= 0.3 is 0 Å². The zero-order chi connectivity index (χ0) is 53.6. The van der Waals surface area contributed by atoms with Crippen LogP contribution in [-0.4, -0.2) is 0 Å². The third-order valence-corrected chi connectivity index (χ3v) is 17.4. The van der Waals surface area contributed by atoms with E-state index in [1.807, 2.05) is 0 Å². The Morgan fingerprint density at radius 1 is 0.269 bits per heavy atom. The van der Waals surface area contributed by atoms with Crippen molar-refractivity contribution >= 4 is 34.1 Å². The van der Waals surface area contributed by atoms with E-state index in [1.165, 1.54) is 181 Å². The lowest BCUT2D eigenvalue weighted by Gasteiger charge is -2.34. The van der Waals surface area contributed by atoms with Gasteiger partial charge in [-0.3, -0.25) is 0 Å². The average molecular weight is 1030 g/mol. The summed E-state index contributed by atoms with van der Waals surface area (Å²) >= 11 is 0. The number of hydrogen-bond donors (Lipinski definition) is 0. The minimum absolute atomic E-state index is 0.0944. The third-order valence-electron chi connectivity index (χ3n) is 17.4. The van der Waals surface area contributed by atoms with E-state index in [0.29, 0.717) is 0 Å². The number of para-hydroxylation sites is 4. The molecule has 0 atom stereocenters. The predicted molar refractivity (Wildman–Crippen MR) is 336 cm³/mol. The summed E-state index contributed by atoms with van der Waals surface area (Å²) in [5, 5.41) is 0. The third kappa shape index (κ3) is 11.5. The molecule has 2 aliphatic rings. The largest absolute Gasteiger partial charge is 0.310 e. The van der Waals surface area contributed by atoms with Gasteiger partial charge in [0.1, 0.15) is 0 Å². The topological polar surface area (TPSA) is 6.48 Å². The Kier molecular flexibility index (Phi) is 18.1. The molecule has 0 saturated heterocycles. The molecule has 0 spiro atoms. The zero-order valence-corrected chi connectivity index (χ0v) is 47.5. The smallest absolute Gasteiger partial charge is 0.0465 e. The highest BCUT2D eigenvalue weighted by molar-refractivity contribution is 5.88. The maximum absolute atomic E-state index is 3.84. The van der Waals surface area contributed by atoms with Crippen LogP contribution in [0.5, 0.6) is 0 Å². The molecule has 0 aliphatic heterocycles. The lowest BCUT2D eigenvalue weighted by molar-refractivity contribution is 0.401. The van der Waals surface area contributed by atoms with Gasteiger partial charge < -0.3 is 9.80 Å². The van der Waals surface area contributed by atoms with Crippen LogP contribution in [0.2, 0.25) is 0 Å². The fraction of sp³-hybridized carbons (Fsp3) is 0.342. The van der Waals surface area contributed by atoms with E-state index < -0.39 is 0 Å². The fourth-order valence-corrected chi connectivity index (χ4v) is 13.5. The first kappa shape index (κ1) is 54.3. The Morgan fingerprint density at radius 3 is 0.821 bits per heavy atom. The van der Waals surface area contributed by atoms with Gasteiger partial charge in [-0.25, -0.2) is 0 Å². The highest BCUT2D eigenvalue weighted by atomic mass is 15.1. The van der Waals surface area contributed by atoms with Gasteiger partial charge in [0, 0.05) is 56.1 Å². The first-order valence-corrected chi connectivity index (χ1v) is 30.4. The van der Waals surface area contributed by atoms with Crippen LogP contribution in [0, 0.1) is 11.8 Å². The molecule has 0 N–H and O–H groups in total. The molecule has 8 aromatic rings. The van der Waals surface area contributed by atoms with Gasteiger partial charge in [-0.1, -0.05) is 239 Å². The van der Waals surface area contributed by atoms with Crippen LogP contribution in [0.1, 0.15) is 189 Å². The second kappa shape index (κ2) is 26.0. The molecule has 0 saturated carbocycles. The van der Waals surface area contributed by atoms with Crippen LogP contribution >= 0.6 is 0 Å². The van der Waals surface area contributed by atoms with Crippen LogP contribution in [-0.2, 0) is 10.8 Å². The van der Waals surface area contributed by atoms with Crippen molar-refractivity contribution in [3.05, 3.63) is 228 Å². The molecule has 398 valence electrons. The zero-order valence-electron chi connectivity index (χ0n) is 47.5. The van der Waals surface area contributed by atoms with Crippen molar-refractivity contribution in [1.29, 1.82) is 0 Å². The lowest BCUT2D eigenvalue weighted by Crippen LogP contribution is -2.26. The molecule has 10 rings (SSSR count). The summed E-state index contributed by atoms with van der Waals surface area (Å²) in [5.74, 6) is 7.67. The Morgan fingerprint density at radius 2 is 0.538 bits per heavy atom. The van der Waals surface area contributed by atoms with E-state index in [2.05, 4.69) is 243 Å². The molecule has 0 aromatic heterocycles. The summed E-state index contributed by atoms with van der Waals surface area (Å²) in [4.78, 5) is 4.89. The van der Waals surface area contributed by atoms with Crippen molar-refractivity contribution in [3.8, 4) is 34.1 Å². The van der Waals surface area contributed by atoms with E-state index in [4.69, 9.17) is 0 Å². The van der Waals surface area contributed by atoms with Gasteiger partial charge in [0.15, 0.2) is 0 Å². The number of fused-ring (bicyclic) bond motifs is 6. The summed E-state index contributed by atoms with van der Waals surface area (Å²) in [6.07, 6.45) is 24.6. The number of unbranched alkanes of at least 4 members (excludes halogenated alkanes) is 12. The number of nitrogens with zero attached hydrogens (tertiary/aromatic N) is 2. The first-order valence-electron chi connectivity index (χ1n) is 30.4. The maximum atomic E-state index is 3.84. The molecule has 2 nitrogen and oxygen atoms in total. The molecule has 78 heavy (non-hydrogen) atoms. The molecule has 0 radical (unpaired) electrons. The van der Waals surface area contributed by atoms with Crippen LogP contribution in [0.3, 0.4) is 0 Å². The molecule has 8 aromatic carbocycles. The molecule has 0 heterocycles. The van der Waals surface area contributed by atoms with Crippen molar-refractivity contribution in [2.45, 2.75) is 167 Å². The first-order chi connectivity index (χ1) is 38.5. The Balaban J connectivity index is 1.06. The summed E-state index contributed by atoms with van der Waals surface area (Å²) in [6, 6.07) is 73.0. The lowest BCUT2D eigenvalue weighted by atomic mass is 9.70. The second-order valence-electron chi connectivity index (χ2n) is 22.7. The quantitative estimate of drug-likeness (QED) is 0.0394. The molecular formula is C76H84N2. The summed E-state index contributed by atoms with van der Waals surface area (Å²) in [6.45, 7) is 9.35. The Bertz CT molecular complexity index is 2930. The summed E-state index contributed by atoms with van der Waals surface area (Å²) in [7, 11) is 0. The van der Waals surface area contributed by atoms with Gasteiger partial charge in [-0.2, -0.15) is 0 Å². The molecule has 2 aliphatic carbocycles. The highest BCUT2D eigenvalue weighted by Gasteiger charge is 2.44. The number of rotatable bonds is 26. The Labute approximate surface area is 470 Å². The van der Waals surface area contributed by atoms with Gasteiger partial charge in [0.2, 0.25) is 0 Å². The normalized spacial score (nSPS) is 13.2. The minimum Gasteiger partial charge on any atom is -0.310 e. The number of anilines is 6. The molecule has 0 amide bonds. The molecule has 0 unspecified atom stereocenters. The second-order valence-corrected chi connectivity index (χ2v) is 22.7.